The number of hydrogen-bond acceptors (Lipinski definition) is 4. The Balaban J connectivity index is 0.00000225. The SMILES string of the molecule is Cl.O=C(Nc1ccc(OCc2ccccc2Cl)cc1)C1COCCN1. The van der Waals surface area contributed by atoms with E-state index in [1.54, 1.807) is 0 Å². The van der Waals surface area contributed by atoms with Crippen molar-refractivity contribution in [1.82, 2.24) is 5.32 Å². The summed E-state index contributed by atoms with van der Waals surface area (Å²) in [6.45, 7) is 2.12. The Hall–Kier alpha value is -1.79. The second kappa shape index (κ2) is 9.63. The van der Waals surface area contributed by atoms with Gasteiger partial charge in [-0.2, -0.15) is 0 Å². The molecule has 7 heteroatoms. The molecule has 2 aromatic rings. The average molecular weight is 383 g/mol. The summed E-state index contributed by atoms with van der Waals surface area (Å²) in [5, 5.41) is 6.67. The Morgan fingerprint density at radius 1 is 1.24 bits per heavy atom. The predicted molar refractivity (Wildman–Crippen MR) is 101 cm³/mol. The molecule has 0 saturated carbocycles. The Labute approximate surface area is 158 Å². The molecule has 2 aromatic carbocycles. The number of ether oxygens (including phenoxy) is 2. The summed E-state index contributed by atoms with van der Waals surface area (Å²) >= 11 is 6.10. The van der Waals surface area contributed by atoms with Crippen molar-refractivity contribution in [2.45, 2.75) is 12.6 Å². The van der Waals surface area contributed by atoms with Gasteiger partial charge < -0.3 is 20.1 Å². The number of carbonyl (C=O) groups is 1. The van der Waals surface area contributed by atoms with Crippen LogP contribution < -0.4 is 15.4 Å². The molecule has 3 rings (SSSR count). The van der Waals surface area contributed by atoms with Crippen LogP contribution in [0.3, 0.4) is 0 Å². The third-order valence-corrected chi connectivity index (χ3v) is 4.08. The van der Waals surface area contributed by atoms with E-state index in [2.05, 4.69) is 10.6 Å². The first-order valence-electron chi connectivity index (χ1n) is 7.80. The van der Waals surface area contributed by atoms with Crippen molar-refractivity contribution in [1.29, 1.82) is 0 Å². The molecule has 1 aliphatic rings. The van der Waals surface area contributed by atoms with Gasteiger partial charge in [-0.25, -0.2) is 0 Å². The fourth-order valence-corrected chi connectivity index (χ4v) is 2.56. The first-order chi connectivity index (χ1) is 11.7. The molecule has 1 fully saturated rings. The van der Waals surface area contributed by atoms with E-state index in [1.807, 2.05) is 48.5 Å². The van der Waals surface area contributed by atoms with Crippen LogP contribution in [0.4, 0.5) is 5.69 Å². The number of amides is 1. The molecule has 1 aliphatic heterocycles. The molecule has 1 atom stereocenters. The van der Waals surface area contributed by atoms with Crippen LogP contribution in [0.5, 0.6) is 5.75 Å². The van der Waals surface area contributed by atoms with Crippen LogP contribution >= 0.6 is 24.0 Å². The molecule has 1 heterocycles. The molecular weight excluding hydrogens is 363 g/mol. The molecule has 1 amide bonds. The van der Waals surface area contributed by atoms with E-state index in [9.17, 15) is 4.79 Å². The van der Waals surface area contributed by atoms with Gasteiger partial charge in [0.05, 0.1) is 13.2 Å². The lowest BCUT2D eigenvalue weighted by molar-refractivity contribution is -0.120. The van der Waals surface area contributed by atoms with Crippen LogP contribution in [0.15, 0.2) is 48.5 Å². The highest BCUT2D eigenvalue weighted by Gasteiger charge is 2.20. The van der Waals surface area contributed by atoms with Gasteiger partial charge in [0.25, 0.3) is 0 Å². The zero-order valence-corrected chi connectivity index (χ0v) is 15.1. The molecular formula is C18H20Cl2N2O3. The lowest BCUT2D eigenvalue weighted by atomic mass is 10.2. The van der Waals surface area contributed by atoms with Crippen molar-refractivity contribution >= 4 is 35.6 Å². The normalized spacial score (nSPS) is 16.6. The van der Waals surface area contributed by atoms with E-state index in [0.29, 0.717) is 37.1 Å². The molecule has 25 heavy (non-hydrogen) atoms. The Kier molecular flexibility index (Phi) is 7.52. The summed E-state index contributed by atoms with van der Waals surface area (Å²) < 4.78 is 11.0. The average Bonchev–Trinajstić information content (AvgIpc) is 2.63. The summed E-state index contributed by atoms with van der Waals surface area (Å²) in [4.78, 5) is 12.1. The predicted octanol–water partition coefficient (Wildman–Crippen LogP) is 3.27. The third-order valence-electron chi connectivity index (χ3n) is 3.71. The Morgan fingerprint density at radius 2 is 2.00 bits per heavy atom. The van der Waals surface area contributed by atoms with Gasteiger partial charge in [-0.05, 0) is 30.3 Å². The van der Waals surface area contributed by atoms with Gasteiger partial charge >= 0.3 is 0 Å². The topological polar surface area (TPSA) is 59.6 Å². The lowest BCUT2D eigenvalue weighted by Crippen LogP contribution is -2.48. The van der Waals surface area contributed by atoms with Crippen LogP contribution in [0, 0.1) is 0 Å². The number of morpholine rings is 1. The number of rotatable bonds is 5. The van der Waals surface area contributed by atoms with Gasteiger partial charge in [0.2, 0.25) is 5.91 Å². The monoisotopic (exact) mass is 382 g/mol. The van der Waals surface area contributed by atoms with Gasteiger partial charge in [-0.3, -0.25) is 4.79 Å². The fourth-order valence-electron chi connectivity index (χ4n) is 2.37. The highest BCUT2D eigenvalue weighted by molar-refractivity contribution is 6.31. The van der Waals surface area contributed by atoms with Gasteiger partial charge in [-0.1, -0.05) is 29.8 Å². The minimum Gasteiger partial charge on any atom is -0.489 e. The van der Waals surface area contributed by atoms with Crippen molar-refractivity contribution in [2.75, 3.05) is 25.1 Å². The Morgan fingerprint density at radius 3 is 2.68 bits per heavy atom. The first kappa shape index (κ1) is 19.5. The standard InChI is InChI=1S/C18H19ClN2O3.ClH/c19-16-4-2-1-3-13(16)11-24-15-7-5-14(6-8-15)21-18(22)17-12-23-10-9-20-17;/h1-8,17,20H,9-12H2,(H,21,22);1H. The van der Waals surface area contributed by atoms with Crippen LogP contribution in [0.1, 0.15) is 5.56 Å². The molecule has 1 unspecified atom stereocenters. The molecule has 0 bridgehead atoms. The lowest BCUT2D eigenvalue weighted by Gasteiger charge is -2.22. The highest BCUT2D eigenvalue weighted by Crippen LogP contribution is 2.20. The maximum Gasteiger partial charge on any atom is 0.243 e. The highest BCUT2D eigenvalue weighted by atomic mass is 35.5. The number of benzene rings is 2. The van der Waals surface area contributed by atoms with E-state index >= 15 is 0 Å². The largest absolute Gasteiger partial charge is 0.489 e. The molecule has 0 aliphatic carbocycles. The Bertz CT molecular complexity index is 689. The number of carbonyl (C=O) groups excluding carboxylic acids is 1. The van der Waals surface area contributed by atoms with E-state index in [0.717, 1.165) is 11.3 Å². The summed E-state index contributed by atoms with van der Waals surface area (Å²) in [6, 6.07) is 14.5. The van der Waals surface area contributed by atoms with Crippen molar-refractivity contribution < 1.29 is 14.3 Å². The number of hydrogen-bond donors (Lipinski definition) is 2. The number of anilines is 1. The molecule has 0 radical (unpaired) electrons. The van der Waals surface area contributed by atoms with Crippen molar-refractivity contribution in [3.05, 3.63) is 59.1 Å². The quantitative estimate of drug-likeness (QED) is 0.832. The van der Waals surface area contributed by atoms with Crippen molar-refractivity contribution in [3.8, 4) is 5.75 Å². The third kappa shape index (κ3) is 5.61. The second-order valence-corrected chi connectivity index (χ2v) is 5.88. The molecule has 0 spiro atoms. The minimum absolute atomic E-state index is 0. The van der Waals surface area contributed by atoms with E-state index in [1.165, 1.54) is 0 Å². The van der Waals surface area contributed by atoms with E-state index in [4.69, 9.17) is 21.1 Å². The van der Waals surface area contributed by atoms with Crippen LogP contribution in [0.2, 0.25) is 5.02 Å². The van der Waals surface area contributed by atoms with Gasteiger partial charge in [0, 0.05) is 22.8 Å². The molecule has 5 nitrogen and oxygen atoms in total. The molecule has 134 valence electrons. The maximum absolute atomic E-state index is 12.1. The first-order valence-corrected chi connectivity index (χ1v) is 8.18. The molecule has 0 aromatic heterocycles. The van der Waals surface area contributed by atoms with Gasteiger partial charge in [0.1, 0.15) is 18.4 Å². The summed E-state index contributed by atoms with van der Waals surface area (Å²) in [6.07, 6.45) is 0. The summed E-state index contributed by atoms with van der Waals surface area (Å²) in [5.74, 6) is 0.617. The number of halogens is 2. The van der Waals surface area contributed by atoms with Crippen LogP contribution in [0.25, 0.3) is 0 Å². The molecule has 2 N–H and O–H groups in total. The van der Waals surface area contributed by atoms with Crippen LogP contribution in [-0.4, -0.2) is 31.7 Å². The maximum atomic E-state index is 12.1. The van der Waals surface area contributed by atoms with E-state index < -0.39 is 0 Å². The summed E-state index contributed by atoms with van der Waals surface area (Å²) in [5.41, 5.74) is 1.65. The van der Waals surface area contributed by atoms with E-state index in [-0.39, 0.29) is 24.4 Å². The number of nitrogens with one attached hydrogen (secondary N) is 2. The van der Waals surface area contributed by atoms with Gasteiger partial charge in [-0.15, -0.1) is 12.4 Å². The summed E-state index contributed by atoms with van der Waals surface area (Å²) in [7, 11) is 0. The van der Waals surface area contributed by atoms with Crippen LogP contribution in [-0.2, 0) is 16.1 Å². The van der Waals surface area contributed by atoms with Crippen molar-refractivity contribution in [3.63, 3.8) is 0 Å². The molecule has 1 saturated heterocycles. The zero-order valence-electron chi connectivity index (χ0n) is 13.5. The minimum atomic E-state index is -0.310. The smallest absolute Gasteiger partial charge is 0.243 e. The zero-order chi connectivity index (χ0) is 16.8. The van der Waals surface area contributed by atoms with Gasteiger partial charge in [0.15, 0.2) is 0 Å². The fraction of sp³-hybridized carbons (Fsp3) is 0.278. The van der Waals surface area contributed by atoms with Crippen molar-refractivity contribution in [2.24, 2.45) is 0 Å². The second-order valence-electron chi connectivity index (χ2n) is 5.48.